The van der Waals surface area contributed by atoms with Gasteiger partial charge in [0.05, 0.1) is 18.1 Å². The minimum absolute atomic E-state index is 0.0538. The van der Waals surface area contributed by atoms with Crippen molar-refractivity contribution in [1.29, 1.82) is 0 Å². The van der Waals surface area contributed by atoms with Crippen LogP contribution in [0.4, 0.5) is 11.4 Å². The van der Waals surface area contributed by atoms with Gasteiger partial charge in [0.15, 0.2) is 0 Å². The van der Waals surface area contributed by atoms with Gasteiger partial charge in [0.1, 0.15) is 0 Å². The number of carbonyl (C=O) groups excluding carboxylic acids is 3. The first-order valence-corrected chi connectivity index (χ1v) is 10.4. The molecule has 2 aromatic carbocycles. The molecule has 2 aromatic rings. The third-order valence-corrected chi connectivity index (χ3v) is 5.18. The molecule has 1 heterocycles. The molecule has 1 aliphatic rings. The molecule has 6 heteroatoms. The third-order valence-electron chi connectivity index (χ3n) is 5.18. The Balaban J connectivity index is 1.54. The van der Waals surface area contributed by atoms with Gasteiger partial charge in [-0.15, -0.1) is 0 Å². The largest absolute Gasteiger partial charge is 0.462 e. The van der Waals surface area contributed by atoms with Crippen LogP contribution in [-0.2, 0) is 14.3 Å². The molecule has 0 aliphatic carbocycles. The molecule has 0 aromatic heterocycles. The van der Waals surface area contributed by atoms with Crippen molar-refractivity contribution in [2.75, 3.05) is 23.4 Å². The second-order valence-electron chi connectivity index (χ2n) is 7.65. The number of amides is 2. The Labute approximate surface area is 177 Å². The van der Waals surface area contributed by atoms with Crippen molar-refractivity contribution in [3.05, 3.63) is 59.7 Å². The van der Waals surface area contributed by atoms with Crippen molar-refractivity contribution >= 4 is 29.2 Å². The van der Waals surface area contributed by atoms with Crippen molar-refractivity contribution in [3.63, 3.8) is 0 Å². The van der Waals surface area contributed by atoms with Gasteiger partial charge >= 0.3 is 5.97 Å². The van der Waals surface area contributed by atoms with E-state index in [1.165, 1.54) is 0 Å². The van der Waals surface area contributed by atoms with Crippen molar-refractivity contribution in [3.8, 4) is 0 Å². The van der Waals surface area contributed by atoms with E-state index in [0.29, 0.717) is 24.4 Å². The molecule has 1 N–H and O–H groups in total. The smallest absolute Gasteiger partial charge is 0.338 e. The van der Waals surface area contributed by atoms with Crippen molar-refractivity contribution < 1.29 is 19.1 Å². The summed E-state index contributed by atoms with van der Waals surface area (Å²) in [6.07, 6.45) is 3.14. The number of hydrogen-bond acceptors (Lipinski definition) is 4. The highest BCUT2D eigenvalue weighted by atomic mass is 16.5. The molecule has 6 nitrogen and oxygen atoms in total. The highest BCUT2D eigenvalue weighted by Gasteiger charge is 2.35. The quantitative estimate of drug-likeness (QED) is 0.521. The Morgan fingerprint density at radius 3 is 2.60 bits per heavy atom. The average Bonchev–Trinajstić information content (AvgIpc) is 3.13. The van der Waals surface area contributed by atoms with Crippen molar-refractivity contribution in [1.82, 2.24) is 0 Å². The fraction of sp³-hybridized carbons (Fsp3) is 0.375. The zero-order valence-corrected chi connectivity index (χ0v) is 17.5. The van der Waals surface area contributed by atoms with E-state index in [1.54, 1.807) is 29.2 Å². The summed E-state index contributed by atoms with van der Waals surface area (Å²) in [6, 6.07) is 14.3. The maximum atomic E-state index is 12.6. The Morgan fingerprint density at radius 1 is 1.13 bits per heavy atom. The number of carbonyl (C=O) groups is 3. The van der Waals surface area contributed by atoms with Gasteiger partial charge in [-0.1, -0.05) is 31.9 Å². The highest BCUT2D eigenvalue weighted by Crippen LogP contribution is 2.26. The van der Waals surface area contributed by atoms with Gasteiger partial charge in [-0.2, -0.15) is 0 Å². The minimum Gasteiger partial charge on any atom is -0.462 e. The summed E-state index contributed by atoms with van der Waals surface area (Å²) < 4.78 is 5.24. The minimum atomic E-state index is -0.416. The van der Waals surface area contributed by atoms with Crippen LogP contribution >= 0.6 is 0 Å². The zero-order chi connectivity index (χ0) is 21.5. The van der Waals surface area contributed by atoms with Gasteiger partial charge in [0.2, 0.25) is 11.8 Å². The van der Waals surface area contributed by atoms with Crippen LogP contribution in [-0.4, -0.2) is 30.9 Å². The van der Waals surface area contributed by atoms with Crippen LogP contribution < -0.4 is 10.2 Å². The molecule has 30 heavy (non-hydrogen) atoms. The maximum absolute atomic E-state index is 12.6. The van der Waals surface area contributed by atoms with Crippen LogP contribution in [0.3, 0.4) is 0 Å². The SMILES string of the molecule is CCCCCOC(=O)c1ccc(NC(=O)[C@@H]2CC(=O)N(c3cccc(C)c3)C2)cc1. The Bertz CT molecular complexity index is 908. The number of aryl methyl sites for hydroxylation is 1. The van der Waals surface area contributed by atoms with Gasteiger partial charge < -0.3 is 15.0 Å². The van der Waals surface area contributed by atoms with E-state index in [2.05, 4.69) is 12.2 Å². The molecule has 3 rings (SSSR count). The van der Waals surface area contributed by atoms with Gasteiger partial charge in [0.25, 0.3) is 0 Å². The monoisotopic (exact) mass is 408 g/mol. The molecular weight excluding hydrogens is 380 g/mol. The number of benzene rings is 2. The predicted molar refractivity (Wildman–Crippen MR) is 117 cm³/mol. The molecule has 1 saturated heterocycles. The highest BCUT2D eigenvalue weighted by molar-refractivity contribution is 6.03. The van der Waals surface area contributed by atoms with E-state index in [1.807, 2.05) is 31.2 Å². The molecule has 1 atom stereocenters. The fourth-order valence-electron chi connectivity index (χ4n) is 3.46. The molecular formula is C24H28N2O4. The summed E-state index contributed by atoms with van der Waals surface area (Å²) in [5.74, 6) is -1.03. The summed E-state index contributed by atoms with van der Waals surface area (Å²) in [4.78, 5) is 38.7. The normalized spacial score (nSPS) is 15.9. The third kappa shape index (κ3) is 5.47. The average molecular weight is 408 g/mol. The lowest BCUT2D eigenvalue weighted by Gasteiger charge is -2.17. The Hall–Kier alpha value is -3.15. The van der Waals surface area contributed by atoms with Crippen molar-refractivity contribution in [2.45, 2.75) is 39.5 Å². The molecule has 0 radical (unpaired) electrons. The van der Waals surface area contributed by atoms with Crippen LogP contribution in [0.15, 0.2) is 48.5 Å². The van der Waals surface area contributed by atoms with E-state index < -0.39 is 5.92 Å². The van der Waals surface area contributed by atoms with Crippen LogP contribution in [0, 0.1) is 12.8 Å². The molecule has 1 fully saturated rings. The van der Waals surface area contributed by atoms with Gasteiger partial charge in [-0.05, 0) is 55.3 Å². The number of ether oxygens (including phenoxy) is 1. The van der Waals surface area contributed by atoms with E-state index in [0.717, 1.165) is 30.5 Å². The summed E-state index contributed by atoms with van der Waals surface area (Å²) in [5.41, 5.74) is 2.92. The first-order valence-electron chi connectivity index (χ1n) is 10.4. The number of anilines is 2. The second kappa shape index (κ2) is 10.1. The molecule has 158 valence electrons. The molecule has 2 amide bonds. The lowest BCUT2D eigenvalue weighted by molar-refractivity contribution is -0.122. The maximum Gasteiger partial charge on any atom is 0.338 e. The topological polar surface area (TPSA) is 75.7 Å². The number of unbranched alkanes of at least 4 members (excludes halogenated alkanes) is 2. The van der Waals surface area contributed by atoms with E-state index >= 15 is 0 Å². The Morgan fingerprint density at radius 2 is 1.90 bits per heavy atom. The molecule has 0 unspecified atom stereocenters. The van der Waals surface area contributed by atoms with Gasteiger partial charge in [-0.25, -0.2) is 4.79 Å². The number of nitrogens with one attached hydrogen (secondary N) is 1. The van der Waals surface area contributed by atoms with Crippen LogP contribution in [0.5, 0.6) is 0 Å². The van der Waals surface area contributed by atoms with Gasteiger partial charge in [-0.3, -0.25) is 9.59 Å². The first kappa shape index (κ1) is 21.6. The van der Waals surface area contributed by atoms with Crippen LogP contribution in [0.1, 0.15) is 48.5 Å². The molecule has 0 saturated carbocycles. The van der Waals surface area contributed by atoms with Crippen LogP contribution in [0.25, 0.3) is 0 Å². The number of hydrogen-bond donors (Lipinski definition) is 1. The molecule has 1 aliphatic heterocycles. The van der Waals surface area contributed by atoms with Gasteiger partial charge in [0, 0.05) is 24.3 Å². The standard InChI is InChI=1S/C24H28N2O4/c1-3-4-5-13-30-24(29)18-9-11-20(12-10-18)25-23(28)19-15-22(27)26(16-19)21-8-6-7-17(2)14-21/h6-12,14,19H,3-5,13,15-16H2,1-2H3,(H,25,28)/t19-/m1/s1. The first-order chi connectivity index (χ1) is 14.5. The molecule has 0 bridgehead atoms. The van der Waals surface area contributed by atoms with E-state index in [4.69, 9.17) is 4.74 Å². The fourth-order valence-corrected chi connectivity index (χ4v) is 3.46. The lowest BCUT2D eigenvalue weighted by Crippen LogP contribution is -2.28. The van der Waals surface area contributed by atoms with E-state index in [9.17, 15) is 14.4 Å². The summed E-state index contributed by atoms with van der Waals surface area (Å²) in [5, 5.41) is 2.84. The summed E-state index contributed by atoms with van der Waals surface area (Å²) in [7, 11) is 0. The number of nitrogens with zero attached hydrogens (tertiary/aromatic N) is 1. The Kier molecular flexibility index (Phi) is 7.22. The lowest BCUT2D eigenvalue weighted by atomic mass is 10.1. The number of rotatable bonds is 8. The number of esters is 1. The zero-order valence-electron chi connectivity index (χ0n) is 17.5. The van der Waals surface area contributed by atoms with Crippen molar-refractivity contribution in [2.24, 2.45) is 5.92 Å². The summed E-state index contributed by atoms with van der Waals surface area (Å²) >= 11 is 0. The van der Waals surface area contributed by atoms with E-state index in [-0.39, 0.29) is 24.2 Å². The molecule has 0 spiro atoms. The second-order valence-corrected chi connectivity index (χ2v) is 7.65. The summed E-state index contributed by atoms with van der Waals surface area (Å²) in [6.45, 7) is 4.84. The predicted octanol–water partition coefficient (Wildman–Crippen LogP) is 4.33. The van der Waals surface area contributed by atoms with Crippen LogP contribution in [0.2, 0.25) is 0 Å².